The van der Waals surface area contributed by atoms with E-state index in [1.54, 1.807) is 27.2 Å². The molecule has 0 atom stereocenters. The van der Waals surface area contributed by atoms with Crippen LogP contribution < -0.4 is 14.8 Å². The number of Topliss-reactive ketones (excluding diaryl/α,β-unsaturated/α-hetero) is 1. The molecule has 1 N–H and O–H groups in total. The van der Waals surface area contributed by atoms with Crippen molar-refractivity contribution in [1.29, 1.82) is 0 Å². The van der Waals surface area contributed by atoms with Crippen LogP contribution in [0.5, 0.6) is 11.5 Å². The average molecular weight is 371 g/mol. The van der Waals surface area contributed by atoms with E-state index in [1.807, 2.05) is 18.2 Å². The number of carbonyl (C=O) groups is 1. The molecule has 0 radical (unpaired) electrons. The van der Waals surface area contributed by atoms with Crippen molar-refractivity contribution in [3.05, 3.63) is 59.1 Å². The van der Waals surface area contributed by atoms with Crippen molar-refractivity contribution in [3.63, 3.8) is 0 Å². The number of carbonyl (C=O) groups excluding carboxylic acids is 1. The van der Waals surface area contributed by atoms with E-state index in [4.69, 9.17) is 13.9 Å². The number of halogens is 1. The molecule has 27 heavy (non-hydrogen) atoms. The topological polar surface area (TPSA) is 60.7 Å². The number of methoxy groups -OCH3 is 2. The summed E-state index contributed by atoms with van der Waals surface area (Å²) in [7, 11) is 3.19. The minimum Gasteiger partial charge on any atom is -0.493 e. The van der Waals surface area contributed by atoms with Crippen LogP contribution in [0.15, 0.2) is 40.8 Å². The number of benzene rings is 2. The summed E-state index contributed by atoms with van der Waals surface area (Å²) in [6.45, 7) is 2.54. The van der Waals surface area contributed by atoms with Gasteiger partial charge in [0.05, 0.1) is 20.8 Å². The highest BCUT2D eigenvalue weighted by Crippen LogP contribution is 2.28. The summed E-state index contributed by atoms with van der Waals surface area (Å²) in [4.78, 5) is 12.4. The van der Waals surface area contributed by atoms with Gasteiger partial charge in [0.15, 0.2) is 17.3 Å². The molecule has 3 aromatic rings. The summed E-state index contributed by atoms with van der Waals surface area (Å²) in [5.74, 6) is 1.13. The monoisotopic (exact) mass is 371 g/mol. The van der Waals surface area contributed by atoms with Gasteiger partial charge in [-0.15, -0.1) is 0 Å². The Bertz CT molecular complexity index is 964. The zero-order chi connectivity index (χ0) is 19.4. The molecule has 0 saturated carbocycles. The van der Waals surface area contributed by atoms with Gasteiger partial charge in [-0.25, -0.2) is 4.39 Å². The molecule has 6 heteroatoms. The van der Waals surface area contributed by atoms with Crippen LogP contribution in [-0.4, -0.2) is 33.1 Å². The third kappa shape index (κ3) is 4.11. The number of ether oxygens (including phenoxy) is 2. The van der Waals surface area contributed by atoms with Gasteiger partial charge in [0.25, 0.3) is 0 Å². The molecule has 0 amide bonds. The molecule has 0 bridgehead atoms. The van der Waals surface area contributed by atoms with Crippen LogP contribution in [0.4, 0.5) is 4.39 Å². The highest BCUT2D eigenvalue weighted by Gasteiger charge is 2.17. The Morgan fingerprint density at radius 1 is 1.11 bits per heavy atom. The molecule has 0 aliphatic heterocycles. The lowest BCUT2D eigenvalue weighted by molar-refractivity contribution is 0.0966. The van der Waals surface area contributed by atoms with E-state index in [9.17, 15) is 9.18 Å². The first-order valence-electron chi connectivity index (χ1n) is 8.67. The summed E-state index contributed by atoms with van der Waals surface area (Å²) in [5.41, 5.74) is 2.25. The van der Waals surface area contributed by atoms with Crippen LogP contribution in [0.25, 0.3) is 11.0 Å². The predicted octanol–water partition coefficient (Wildman–Crippen LogP) is 3.91. The average Bonchev–Trinajstić information content (AvgIpc) is 3.01. The Morgan fingerprint density at radius 3 is 2.63 bits per heavy atom. The van der Waals surface area contributed by atoms with E-state index in [-0.39, 0.29) is 23.9 Å². The lowest BCUT2D eigenvalue weighted by Gasteiger charge is -2.10. The standard InChI is InChI=1S/C21H22FNO4/c1-13-16-11-15(22)5-7-18(16)27-21(13)17(24)12-23-9-8-14-4-6-19(25-2)20(10-14)26-3/h4-7,10-11,23H,8-9,12H2,1-3H3. The number of fused-ring (bicyclic) bond motifs is 1. The maximum Gasteiger partial charge on any atom is 0.212 e. The van der Waals surface area contributed by atoms with Crippen molar-refractivity contribution in [2.75, 3.05) is 27.3 Å². The number of ketones is 1. The molecule has 0 unspecified atom stereocenters. The van der Waals surface area contributed by atoms with Crippen LogP contribution >= 0.6 is 0 Å². The molecule has 2 aromatic carbocycles. The molecule has 5 nitrogen and oxygen atoms in total. The number of nitrogens with one attached hydrogen (secondary N) is 1. The third-order valence-electron chi connectivity index (χ3n) is 4.48. The van der Waals surface area contributed by atoms with Crippen LogP contribution in [-0.2, 0) is 6.42 Å². The van der Waals surface area contributed by atoms with Gasteiger partial charge in [-0.1, -0.05) is 6.07 Å². The fraction of sp³-hybridized carbons (Fsp3) is 0.286. The summed E-state index contributed by atoms with van der Waals surface area (Å²) in [6.07, 6.45) is 0.734. The number of furan rings is 1. The van der Waals surface area contributed by atoms with Gasteiger partial charge in [0.2, 0.25) is 5.78 Å². The van der Waals surface area contributed by atoms with Crippen LogP contribution in [0.3, 0.4) is 0 Å². The predicted molar refractivity (Wildman–Crippen MR) is 101 cm³/mol. The van der Waals surface area contributed by atoms with Crippen LogP contribution in [0.1, 0.15) is 21.7 Å². The minimum absolute atomic E-state index is 0.149. The summed E-state index contributed by atoms with van der Waals surface area (Å²) in [5, 5.41) is 3.75. The summed E-state index contributed by atoms with van der Waals surface area (Å²) >= 11 is 0. The van der Waals surface area contributed by atoms with E-state index in [2.05, 4.69) is 5.32 Å². The molecule has 0 saturated heterocycles. The van der Waals surface area contributed by atoms with Gasteiger partial charge >= 0.3 is 0 Å². The van der Waals surface area contributed by atoms with E-state index in [0.717, 1.165) is 12.0 Å². The molecule has 3 rings (SSSR count). The first-order chi connectivity index (χ1) is 13.0. The van der Waals surface area contributed by atoms with Gasteiger partial charge in [-0.2, -0.15) is 0 Å². The molecule has 0 aliphatic rings. The molecular weight excluding hydrogens is 349 g/mol. The van der Waals surface area contributed by atoms with Gasteiger partial charge in [-0.05, 0) is 55.8 Å². The highest BCUT2D eigenvalue weighted by molar-refractivity contribution is 6.01. The molecule has 0 fully saturated rings. The van der Waals surface area contributed by atoms with Crippen LogP contribution in [0.2, 0.25) is 0 Å². The number of aryl methyl sites for hydroxylation is 1. The first-order valence-corrected chi connectivity index (χ1v) is 8.67. The zero-order valence-corrected chi connectivity index (χ0v) is 15.6. The fourth-order valence-electron chi connectivity index (χ4n) is 3.01. The van der Waals surface area contributed by atoms with Crippen molar-refractivity contribution in [2.45, 2.75) is 13.3 Å². The second-order valence-corrected chi connectivity index (χ2v) is 6.24. The highest BCUT2D eigenvalue weighted by atomic mass is 19.1. The van der Waals surface area contributed by atoms with Gasteiger partial charge in [0, 0.05) is 10.9 Å². The quantitative estimate of drug-likeness (QED) is 0.480. The molecule has 1 aromatic heterocycles. The second-order valence-electron chi connectivity index (χ2n) is 6.24. The van der Waals surface area contributed by atoms with E-state index in [0.29, 0.717) is 34.6 Å². The molecule has 0 spiro atoms. The summed E-state index contributed by atoms with van der Waals surface area (Å²) in [6, 6.07) is 9.98. The lowest BCUT2D eigenvalue weighted by atomic mass is 10.1. The lowest BCUT2D eigenvalue weighted by Crippen LogP contribution is -2.25. The normalized spacial score (nSPS) is 11.0. The Kier molecular flexibility index (Phi) is 5.76. The smallest absolute Gasteiger partial charge is 0.212 e. The molecule has 1 heterocycles. The maximum atomic E-state index is 13.4. The molecular formula is C21H22FNO4. The van der Waals surface area contributed by atoms with E-state index >= 15 is 0 Å². The van der Waals surface area contributed by atoms with Crippen molar-refractivity contribution in [2.24, 2.45) is 0 Å². The van der Waals surface area contributed by atoms with Crippen molar-refractivity contribution < 1.29 is 23.1 Å². The minimum atomic E-state index is -0.349. The number of hydrogen-bond acceptors (Lipinski definition) is 5. The SMILES string of the molecule is COc1ccc(CCNCC(=O)c2oc3ccc(F)cc3c2C)cc1OC. The Morgan fingerprint density at radius 2 is 1.89 bits per heavy atom. The second kappa shape index (κ2) is 8.22. The van der Waals surface area contributed by atoms with Crippen molar-refractivity contribution in [3.8, 4) is 11.5 Å². The fourth-order valence-corrected chi connectivity index (χ4v) is 3.01. The van der Waals surface area contributed by atoms with Gasteiger partial charge in [-0.3, -0.25) is 4.79 Å². The maximum absolute atomic E-state index is 13.4. The number of hydrogen-bond donors (Lipinski definition) is 1. The van der Waals surface area contributed by atoms with Gasteiger partial charge < -0.3 is 19.2 Å². The number of rotatable bonds is 8. The molecule has 142 valence electrons. The third-order valence-corrected chi connectivity index (χ3v) is 4.48. The van der Waals surface area contributed by atoms with Crippen molar-refractivity contribution in [1.82, 2.24) is 5.32 Å². The first kappa shape index (κ1) is 18.9. The van der Waals surface area contributed by atoms with Crippen molar-refractivity contribution >= 4 is 16.8 Å². The molecule has 0 aliphatic carbocycles. The Labute approximate surface area is 157 Å². The van der Waals surface area contributed by atoms with E-state index < -0.39 is 0 Å². The Hall–Kier alpha value is -2.86. The largest absolute Gasteiger partial charge is 0.493 e. The summed E-state index contributed by atoms with van der Waals surface area (Å²) < 4.78 is 29.5. The zero-order valence-electron chi connectivity index (χ0n) is 15.6. The van der Waals surface area contributed by atoms with Gasteiger partial charge in [0.1, 0.15) is 11.4 Å². The van der Waals surface area contributed by atoms with Crippen LogP contribution in [0, 0.1) is 12.7 Å². The van der Waals surface area contributed by atoms with E-state index in [1.165, 1.54) is 12.1 Å². The Balaban J connectivity index is 1.58.